The van der Waals surface area contributed by atoms with E-state index in [0.717, 1.165) is 0 Å². The van der Waals surface area contributed by atoms with Crippen LogP contribution in [-0.2, 0) is 0 Å². The summed E-state index contributed by atoms with van der Waals surface area (Å²) in [6, 6.07) is 7.02. The van der Waals surface area contributed by atoms with Crippen LogP contribution >= 0.6 is 0 Å². The summed E-state index contributed by atoms with van der Waals surface area (Å²) in [5.41, 5.74) is 0.865. The van der Waals surface area contributed by atoms with E-state index in [1.165, 1.54) is 18.2 Å². The molecule has 0 aliphatic heterocycles. The molecule has 0 unspecified atom stereocenters. The van der Waals surface area contributed by atoms with Crippen molar-refractivity contribution in [2.24, 2.45) is 0 Å². The number of nitrogens with zero attached hydrogens (tertiary/aromatic N) is 2. The summed E-state index contributed by atoms with van der Waals surface area (Å²) >= 11 is 0. The number of benzene rings is 1. The molecule has 0 saturated carbocycles. The topological polar surface area (TPSA) is 79.3 Å². The highest BCUT2D eigenvalue weighted by atomic mass is 19.4. The van der Waals surface area contributed by atoms with Crippen LogP contribution in [0.4, 0.5) is 24.9 Å². The molecular formula is C17H21F3N4O2. The summed E-state index contributed by atoms with van der Waals surface area (Å²) in [5.74, 6) is 0.444. The first-order valence-corrected chi connectivity index (χ1v) is 8.05. The summed E-state index contributed by atoms with van der Waals surface area (Å²) in [5, 5.41) is 15.3. The third-order valence-electron chi connectivity index (χ3n) is 3.18. The second kappa shape index (κ2) is 8.22. The lowest BCUT2D eigenvalue weighted by Crippen LogP contribution is -2.22. The molecule has 9 heteroatoms. The Morgan fingerprint density at radius 2 is 1.85 bits per heavy atom. The van der Waals surface area contributed by atoms with E-state index < -0.39 is 6.36 Å². The molecule has 6 nitrogen and oxygen atoms in total. The maximum atomic E-state index is 12.4. The number of hydrogen-bond acceptors (Lipinski definition) is 6. The monoisotopic (exact) mass is 370 g/mol. The number of hydrogen-bond donors (Lipinski definition) is 3. The van der Waals surface area contributed by atoms with Crippen molar-refractivity contribution < 1.29 is 23.0 Å². The molecule has 0 aliphatic carbocycles. The van der Waals surface area contributed by atoms with Crippen LogP contribution in [0.15, 0.2) is 30.3 Å². The van der Waals surface area contributed by atoms with Gasteiger partial charge in [0.2, 0.25) is 5.95 Å². The number of rotatable bonds is 7. The predicted octanol–water partition coefficient (Wildman–Crippen LogP) is 3.66. The molecule has 0 fully saturated rings. The quantitative estimate of drug-likeness (QED) is 0.690. The molecule has 1 aromatic heterocycles. The minimum atomic E-state index is -4.77. The third-order valence-corrected chi connectivity index (χ3v) is 3.18. The number of ether oxygens (including phenoxy) is 1. The van der Waals surface area contributed by atoms with Crippen molar-refractivity contribution in [3.05, 3.63) is 30.3 Å². The minimum absolute atomic E-state index is 0.0979. The molecule has 3 N–H and O–H groups in total. The zero-order valence-corrected chi connectivity index (χ0v) is 14.6. The summed E-state index contributed by atoms with van der Waals surface area (Å²) in [4.78, 5) is 8.64. The maximum Gasteiger partial charge on any atom is 0.573 e. The molecule has 0 radical (unpaired) electrons. The minimum Gasteiger partial charge on any atom is -0.406 e. The van der Waals surface area contributed by atoms with Crippen LogP contribution < -0.4 is 15.4 Å². The number of nitrogens with one attached hydrogen (secondary N) is 2. The van der Waals surface area contributed by atoms with Crippen LogP contribution in [0.25, 0.3) is 11.3 Å². The van der Waals surface area contributed by atoms with Gasteiger partial charge in [0.25, 0.3) is 0 Å². The van der Waals surface area contributed by atoms with Gasteiger partial charge in [0.15, 0.2) is 0 Å². The summed E-state index contributed by atoms with van der Waals surface area (Å²) in [6.45, 7) is 5.50. The SMILES string of the molecule is CC(C)Nc1cc(-c2cccc(OC(F)(F)F)c2)nc(N[C@@H](C)CO)n1. The van der Waals surface area contributed by atoms with Crippen molar-refractivity contribution in [3.8, 4) is 17.0 Å². The van der Waals surface area contributed by atoms with E-state index in [9.17, 15) is 18.3 Å². The van der Waals surface area contributed by atoms with E-state index in [1.807, 2.05) is 13.8 Å². The molecule has 0 amide bonds. The zero-order chi connectivity index (χ0) is 19.3. The molecule has 0 saturated heterocycles. The lowest BCUT2D eigenvalue weighted by molar-refractivity contribution is -0.274. The van der Waals surface area contributed by atoms with Gasteiger partial charge in [0.05, 0.1) is 12.3 Å². The van der Waals surface area contributed by atoms with Gasteiger partial charge >= 0.3 is 6.36 Å². The Balaban J connectivity index is 2.40. The number of halogens is 3. The summed E-state index contributed by atoms with van der Waals surface area (Å²) in [6.07, 6.45) is -4.77. The first-order valence-electron chi connectivity index (χ1n) is 8.05. The van der Waals surface area contributed by atoms with E-state index >= 15 is 0 Å². The van der Waals surface area contributed by atoms with Gasteiger partial charge in [-0.2, -0.15) is 4.98 Å². The van der Waals surface area contributed by atoms with Crippen molar-refractivity contribution in [2.75, 3.05) is 17.2 Å². The lowest BCUT2D eigenvalue weighted by Gasteiger charge is -2.16. The van der Waals surface area contributed by atoms with Gasteiger partial charge in [-0.15, -0.1) is 13.2 Å². The number of alkyl halides is 3. The Morgan fingerprint density at radius 3 is 2.46 bits per heavy atom. The van der Waals surface area contributed by atoms with Crippen LogP contribution in [-0.4, -0.2) is 40.1 Å². The van der Waals surface area contributed by atoms with Crippen LogP contribution in [0.3, 0.4) is 0 Å². The van der Waals surface area contributed by atoms with E-state index in [2.05, 4.69) is 25.3 Å². The van der Waals surface area contributed by atoms with Crippen molar-refractivity contribution in [1.82, 2.24) is 9.97 Å². The molecule has 2 rings (SSSR count). The fraction of sp³-hybridized carbons (Fsp3) is 0.412. The molecule has 0 aliphatic rings. The Kier molecular flexibility index (Phi) is 6.25. The number of aliphatic hydroxyl groups excluding tert-OH is 1. The number of aliphatic hydroxyl groups is 1. The zero-order valence-electron chi connectivity index (χ0n) is 14.6. The van der Waals surface area contributed by atoms with Crippen molar-refractivity contribution in [3.63, 3.8) is 0 Å². The standard InChI is InChI=1S/C17H21F3N4O2/c1-10(2)21-15-8-14(23-16(24-15)22-11(3)9-25)12-5-4-6-13(7-12)26-17(18,19)20/h4-8,10-11,25H,9H2,1-3H3,(H2,21,22,23,24)/t11-/m0/s1. The smallest absolute Gasteiger partial charge is 0.406 e. The van der Waals surface area contributed by atoms with Crippen molar-refractivity contribution in [1.29, 1.82) is 0 Å². The van der Waals surface area contributed by atoms with Crippen LogP contribution in [0.2, 0.25) is 0 Å². The number of anilines is 2. The molecule has 2 aromatic rings. The summed E-state index contributed by atoms with van der Waals surface area (Å²) in [7, 11) is 0. The fourth-order valence-electron chi connectivity index (χ4n) is 2.15. The molecule has 26 heavy (non-hydrogen) atoms. The van der Waals surface area contributed by atoms with Crippen LogP contribution in [0.5, 0.6) is 5.75 Å². The van der Waals surface area contributed by atoms with E-state index in [4.69, 9.17) is 0 Å². The van der Waals surface area contributed by atoms with E-state index in [-0.39, 0.29) is 30.4 Å². The highest BCUT2D eigenvalue weighted by Crippen LogP contribution is 2.28. The third kappa shape index (κ3) is 6.07. The van der Waals surface area contributed by atoms with Gasteiger partial charge in [-0.05, 0) is 32.9 Å². The van der Waals surface area contributed by atoms with E-state index in [0.29, 0.717) is 17.1 Å². The van der Waals surface area contributed by atoms with E-state index in [1.54, 1.807) is 19.1 Å². The first-order chi connectivity index (χ1) is 12.2. The molecule has 1 atom stereocenters. The number of aromatic nitrogens is 2. The highest BCUT2D eigenvalue weighted by Gasteiger charge is 2.31. The lowest BCUT2D eigenvalue weighted by atomic mass is 10.1. The Labute approximate surface area is 149 Å². The Morgan fingerprint density at radius 1 is 1.12 bits per heavy atom. The highest BCUT2D eigenvalue weighted by molar-refractivity contribution is 5.66. The molecule has 142 valence electrons. The normalized spacial score (nSPS) is 12.8. The van der Waals surface area contributed by atoms with Gasteiger partial charge in [0, 0.05) is 23.7 Å². The van der Waals surface area contributed by atoms with Gasteiger partial charge in [-0.1, -0.05) is 12.1 Å². The largest absolute Gasteiger partial charge is 0.573 e. The van der Waals surface area contributed by atoms with Gasteiger partial charge in [0.1, 0.15) is 11.6 Å². The average molecular weight is 370 g/mol. The fourth-order valence-corrected chi connectivity index (χ4v) is 2.15. The first kappa shape index (κ1) is 19.8. The van der Waals surface area contributed by atoms with Gasteiger partial charge < -0.3 is 20.5 Å². The second-order valence-electron chi connectivity index (χ2n) is 6.06. The van der Waals surface area contributed by atoms with Crippen molar-refractivity contribution >= 4 is 11.8 Å². The molecule has 1 aromatic carbocycles. The maximum absolute atomic E-state index is 12.4. The molecule has 0 spiro atoms. The Hall–Kier alpha value is -2.55. The predicted molar refractivity (Wildman–Crippen MR) is 93.1 cm³/mol. The molecular weight excluding hydrogens is 349 g/mol. The van der Waals surface area contributed by atoms with Crippen LogP contribution in [0.1, 0.15) is 20.8 Å². The summed E-state index contributed by atoms with van der Waals surface area (Å²) < 4.78 is 41.3. The molecule has 0 bridgehead atoms. The Bertz CT molecular complexity index is 738. The second-order valence-corrected chi connectivity index (χ2v) is 6.06. The average Bonchev–Trinajstić information content (AvgIpc) is 2.52. The van der Waals surface area contributed by atoms with Gasteiger partial charge in [-0.25, -0.2) is 4.98 Å². The van der Waals surface area contributed by atoms with Gasteiger partial charge in [-0.3, -0.25) is 0 Å². The van der Waals surface area contributed by atoms with Crippen molar-refractivity contribution in [2.45, 2.75) is 39.2 Å². The van der Waals surface area contributed by atoms with Crippen LogP contribution in [0, 0.1) is 0 Å². The molecule has 1 heterocycles.